The van der Waals surface area contributed by atoms with E-state index in [0.717, 1.165) is 24.3 Å². The first kappa shape index (κ1) is 25.6. The minimum Gasteiger partial charge on any atom is -0.494 e. The number of methoxy groups -OCH3 is 1. The molecule has 194 valence electrons. The lowest BCUT2D eigenvalue weighted by molar-refractivity contribution is -0.140. The van der Waals surface area contributed by atoms with Crippen LogP contribution in [0, 0.1) is 0 Å². The van der Waals surface area contributed by atoms with Gasteiger partial charge in [-0.05, 0) is 77.3 Å². The maximum absolute atomic E-state index is 11.3. The second kappa shape index (κ2) is 12.5. The molecule has 5 rings (SSSR count). The lowest BCUT2D eigenvalue weighted by atomic mass is 9.69. The summed E-state index contributed by atoms with van der Waals surface area (Å²) in [6.45, 7) is 1.05. The first-order valence-corrected chi connectivity index (χ1v) is 13.4. The number of benzene rings is 4. The van der Waals surface area contributed by atoms with Gasteiger partial charge >= 0.3 is 5.97 Å². The molecule has 0 heterocycles. The van der Waals surface area contributed by atoms with E-state index in [0.29, 0.717) is 32.0 Å². The van der Waals surface area contributed by atoms with Crippen molar-refractivity contribution >= 4 is 5.97 Å². The molecule has 0 fully saturated rings. The van der Waals surface area contributed by atoms with E-state index in [9.17, 15) is 4.79 Å². The van der Waals surface area contributed by atoms with Crippen molar-refractivity contribution in [3.05, 3.63) is 131 Å². The van der Waals surface area contributed by atoms with Crippen LogP contribution in [0.25, 0.3) is 0 Å². The summed E-state index contributed by atoms with van der Waals surface area (Å²) in [6.07, 6.45) is 3.10. The van der Waals surface area contributed by atoms with Crippen LogP contribution < -0.4 is 9.47 Å². The zero-order chi connectivity index (χ0) is 26.2. The zero-order valence-electron chi connectivity index (χ0n) is 21.8. The van der Waals surface area contributed by atoms with Crippen LogP contribution >= 0.6 is 0 Å². The standard InChI is InChI=1S/C34H34O4/c1-36-33(35)13-8-22-37-29-17-14-27(15-18-29)34-31(26-11-6-3-7-12-26)20-16-28-23-30(19-21-32(28)34)38-24-25-9-4-2-5-10-25/h2-7,9-12,14-15,17-19,21,23,31,34H,8,13,16,20,22,24H2,1H3/t31-,34+/m1/s1. The van der Waals surface area contributed by atoms with Gasteiger partial charge in [-0.15, -0.1) is 0 Å². The molecule has 0 saturated carbocycles. The van der Waals surface area contributed by atoms with Crippen molar-refractivity contribution in [2.24, 2.45) is 0 Å². The molecule has 4 aromatic rings. The van der Waals surface area contributed by atoms with Gasteiger partial charge in [0.15, 0.2) is 0 Å². The van der Waals surface area contributed by atoms with E-state index in [2.05, 4.69) is 72.8 Å². The van der Waals surface area contributed by atoms with Crippen molar-refractivity contribution in [1.29, 1.82) is 0 Å². The molecule has 1 aliphatic carbocycles. The summed E-state index contributed by atoms with van der Waals surface area (Å²) in [5.74, 6) is 2.17. The number of carbonyl (C=O) groups is 1. The Hall–Kier alpha value is -4.05. The lowest BCUT2D eigenvalue weighted by Gasteiger charge is -2.35. The van der Waals surface area contributed by atoms with Gasteiger partial charge in [0, 0.05) is 12.3 Å². The van der Waals surface area contributed by atoms with Gasteiger partial charge < -0.3 is 14.2 Å². The zero-order valence-corrected chi connectivity index (χ0v) is 21.8. The fourth-order valence-corrected chi connectivity index (χ4v) is 5.38. The number of carbonyl (C=O) groups excluding carboxylic acids is 1. The van der Waals surface area contributed by atoms with Crippen LogP contribution in [0.15, 0.2) is 103 Å². The SMILES string of the molecule is COC(=O)CCCOc1ccc([C@@H]2c3ccc(OCc4ccccc4)cc3CC[C@@H]2c2ccccc2)cc1. The number of rotatable bonds is 10. The van der Waals surface area contributed by atoms with Crippen LogP contribution in [0.5, 0.6) is 11.5 Å². The Morgan fingerprint density at radius 1 is 0.789 bits per heavy atom. The van der Waals surface area contributed by atoms with E-state index in [-0.39, 0.29) is 11.9 Å². The number of ether oxygens (including phenoxy) is 3. The highest BCUT2D eigenvalue weighted by Gasteiger charge is 2.32. The number of fused-ring (bicyclic) bond motifs is 1. The fourth-order valence-electron chi connectivity index (χ4n) is 5.38. The Balaban J connectivity index is 1.36. The Morgan fingerprint density at radius 2 is 1.50 bits per heavy atom. The molecule has 0 saturated heterocycles. The summed E-state index contributed by atoms with van der Waals surface area (Å²) >= 11 is 0. The van der Waals surface area contributed by atoms with Crippen molar-refractivity contribution in [3.8, 4) is 11.5 Å². The average molecular weight is 507 g/mol. The molecule has 0 N–H and O–H groups in total. The summed E-state index contributed by atoms with van der Waals surface area (Å²) in [4.78, 5) is 11.3. The largest absolute Gasteiger partial charge is 0.494 e. The van der Waals surface area contributed by atoms with Gasteiger partial charge in [-0.2, -0.15) is 0 Å². The summed E-state index contributed by atoms with van der Waals surface area (Å²) in [5, 5.41) is 0. The van der Waals surface area contributed by atoms with Gasteiger partial charge in [0.2, 0.25) is 0 Å². The third kappa shape index (κ3) is 6.25. The third-order valence-electron chi connectivity index (χ3n) is 7.31. The molecule has 0 aliphatic heterocycles. The van der Waals surface area contributed by atoms with Crippen LogP contribution in [0.1, 0.15) is 58.9 Å². The molecule has 0 radical (unpaired) electrons. The second-order valence-corrected chi connectivity index (χ2v) is 9.77. The van der Waals surface area contributed by atoms with Crippen molar-refractivity contribution < 1.29 is 19.0 Å². The number of aryl methyl sites for hydroxylation is 1. The first-order valence-electron chi connectivity index (χ1n) is 13.4. The molecule has 0 aromatic heterocycles. The minimum atomic E-state index is -0.208. The van der Waals surface area contributed by atoms with Gasteiger partial charge in [-0.3, -0.25) is 4.79 Å². The van der Waals surface area contributed by atoms with E-state index in [1.54, 1.807) is 0 Å². The Bertz CT molecular complexity index is 1320. The van der Waals surface area contributed by atoms with E-state index in [1.807, 2.05) is 30.3 Å². The molecule has 4 nitrogen and oxygen atoms in total. The quantitative estimate of drug-likeness (QED) is 0.165. The molecule has 0 unspecified atom stereocenters. The molecule has 38 heavy (non-hydrogen) atoms. The Labute approximate surface area is 225 Å². The molecule has 0 bridgehead atoms. The molecule has 4 heteroatoms. The topological polar surface area (TPSA) is 44.8 Å². The normalized spacial score (nSPS) is 16.3. The van der Waals surface area contributed by atoms with Gasteiger partial charge in [-0.25, -0.2) is 0 Å². The van der Waals surface area contributed by atoms with Gasteiger partial charge in [-0.1, -0.05) is 78.9 Å². The van der Waals surface area contributed by atoms with Crippen molar-refractivity contribution in [3.63, 3.8) is 0 Å². The summed E-state index contributed by atoms with van der Waals surface area (Å²) < 4.78 is 16.7. The number of esters is 1. The van der Waals surface area contributed by atoms with Gasteiger partial charge in [0.25, 0.3) is 0 Å². The molecule has 0 spiro atoms. The molecule has 4 aromatic carbocycles. The highest BCUT2D eigenvalue weighted by Crippen LogP contribution is 2.47. The second-order valence-electron chi connectivity index (χ2n) is 9.77. The van der Waals surface area contributed by atoms with Crippen molar-refractivity contribution in [2.75, 3.05) is 13.7 Å². The van der Waals surface area contributed by atoms with E-state index < -0.39 is 0 Å². The van der Waals surface area contributed by atoms with Crippen molar-refractivity contribution in [2.45, 2.75) is 44.1 Å². The maximum atomic E-state index is 11.3. The number of hydrogen-bond donors (Lipinski definition) is 0. The van der Waals surface area contributed by atoms with Gasteiger partial charge in [0.1, 0.15) is 18.1 Å². The van der Waals surface area contributed by atoms with E-state index in [4.69, 9.17) is 14.2 Å². The smallest absolute Gasteiger partial charge is 0.305 e. The van der Waals surface area contributed by atoms with Crippen LogP contribution in [0.2, 0.25) is 0 Å². The van der Waals surface area contributed by atoms with Crippen LogP contribution in [-0.4, -0.2) is 19.7 Å². The Morgan fingerprint density at radius 3 is 2.24 bits per heavy atom. The molecule has 2 atom stereocenters. The maximum Gasteiger partial charge on any atom is 0.305 e. The van der Waals surface area contributed by atoms with Crippen LogP contribution in [0.4, 0.5) is 0 Å². The van der Waals surface area contributed by atoms with Crippen LogP contribution in [0.3, 0.4) is 0 Å². The molecular formula is C34H34O4. The summed E-state index contributed by atoms with van der Waals surface area (Å²) in [5.41, 5.74) is 6.54. The van der Waals surface area contributed by atoms with Gasteiger partial charge in [0.05, 0.1) is 13.7 Å². The number of hydrogen-bond acceptors (Lipinski definition) is 4. The Kier molecular flexibility index (Phi) is 8.39. The highest BCUT2D eigenvalue weighted by atomic mass is 16.5. The monoisotopic (exact) mass is 506 g/mol. The van der Waals surface area contributed by atoms with Crippen molar-refractivity contribution in [1.82, 2.24) is 0 Å². The van der Waals surface area contributed by atoms with E-state index >= 15 is 0 Å². The minimum absolute atomic E-state index is 0.208. The molecular weight excluding hydrogens is 472 g/mol. The first-order chi connectivity index (χ1) is 18.7. The summed E-state index contributed by atoms with van der Waals surface area (Å²) in [6, 6.07) is 36.2. The molecule has 1 aliphatic rings. The third-order valence-corrected chi connectivity index (χ3v) is 7.31. The predicted molar refractivity (Wildman–Crippen MR) is 150 cm³/mol. The predicted octanol–water partition coefficient (Wildman–Crippen LogP) is 7.46. The summed E-state index contributed by atoms with van der Waals surface area (Å²) in [7, 11) is 1.41. The van der Waals surface area contributed by atoms with Crippen LogP contribution in [-0.2, 0) is 22.6 Å². The fraction of sp³-hybridized carbons (Fsp3) is 0.265. The van der Waals surface area contributed by atoms with E-state index in [1.165, 1.54) is 34.9 Å². The highest BCUT2D eigenvalue weighted by molar-refractivity contribution is 5.69. The molecule has 0 amide bonds. The average Bonchev–Trinajstić information content (AvgIpc) is 2.98. The lowest BCUT2D eigenvalue weighted by Crippen LogP contribution is -2.20.